The van der Waals surface area contributed by atoms with E-state index in [2.05, 4.69) is 22.4 Å². The van der Waals surface area contributed by atoms with Crippen LogP contribution in [0.3, 0.4) is 0 Å². The summed E-state index contributed by atoms with van der Waals surface area (Å²) < 4.78 is 0. The number of benzene rings is 1. The summed E-state index contributed by atoms with van der Waals surface area (Å²) in [5, 5.41) is 3.19. The third-order valence-corrected chi connectivity index (χ3v) is 3.53. The molecule has 1 N–H and O–H groups in total. The maximum Gasteiger partial charge on any atom is 0.229 e. The van der Waals surface area contributed by atoms with E-state index in [-0.39, 0.29) is 11.8 Å². The molecule has 4 heteroatoms. The van der Waals surface area contributed by atoms with Crippen LogP contribution in [0.15, 0.2) is 48.5 Å². The van der Waals surface area contributed by atoms with E-state index in [0.29, 0.717) is 16.9 Å². The first-order chi connectivity index (χ1) is 9.24. The van der Waals surface area contributed by atoms with Gasteiger partial charge in [0.15, 0.2) is 0 Å². The molecule has 1 aliphatic rings. The molecule has 2 unspecified atom stereocenters. The van der Waals surface area contributed by atoms with Gasteiger partial charge in [-0.3, -0.25) is 4.79 Å². The number of carbonyl (C=O) groups excluding carboxylic acids is 1. The van der Waals surface area contributed by atoms with Crippen molar-refractivity contribution in [2.45, 2.75) is 12.3 Å². The van der Waals surface area contributed by atoms with Crippen LogP contribution in [0, 0.1) is 5.92 Å². The number of nitrogens with one attached hydrogen (secondary N) is 1. The lowest BCUT2D eigenvalue weighted by Crippen LogP contribution is -2.15. The highest BCUT2D eigenvalue weighted by Crippen LogP contribution is 2.47. The maximum absolute atomic E-state index is 12.1. The van der Waals surface area contributed by atoms with Crippen molar-refractivity contribution in [1.82, 2.24) is 4.98 Å². The largest absolute Gasteiger partial charge is 0.310 e. The summed E-state index contributed by atoms with van der Waals surface area (Å²) in [6.45, 7) is 0. The molecule has 19 heavy (non-hydrogen) atoms. The maximum atomic E-state index is 12.1. The van der Waals surface area contributed by atoms with Gasteiger partial charge in [0, 0.05) is 5.92 Å². The minimum absolute atomic E-state index is 0.0172. The molecule has 1 aromatic heterocycles. The minimum atomic E-state index is 0.0172. The number of amides is 1. The highest BCUT2D eigenvalue weighted by Gasteiger charge is 2.43. The molecule has 0 saturated heterocycles. The van der Waals surface area contributed by atoms with Crippen molar-refractivity contribution >= 4 is 23.3 Å². The second-order valence-electron chi connectivity index (χ2n) is 4.69. The molecule has 3 nitrogen and oxygen atoms in total. The average Bonchev–Trinajstić information content (AvgIpc) is 3.20. The van der Waals surface area contributed by atoms with Gasteiger partial charge in [0.1, 0.15) is 11.0 Å². The fraction of sp³-hybridized carbons (Fsp3) is 0.200. The Morgan fingerprint density at radius 1 is 1.16 bits per heavy atom. The number of rotatable bonds is 3. The van der Waals surface area contributed by atoms with Gasteiger partial charge in [-0.25, -0.2) is 4.98 Å². The molecule has 1 fully saturated rings. The number of halogens is 1. The first-order valence-electron chi connectivity index (χ1n) is 6.22. The van der Waals surface area contributed by atoms with Gasteiger partial charge in [0.05, 0.1) is 0 Å². The van der Waals surface area contributed by atoms with Crippen LogP contribution in [-0.2, 0) is 4.79 Å². The molecule has 0 bridgehead atoms. The molecule has 0 aliphatic heterocycles. The average molecular weight is 273 g/mol. The molecule has 2 aromatic rings. The van der Waals surface area contributed by atoms with Crippen LogP contribution in [0.25, 0.3) is 0 Å². The van der Waals surface area contributed by atoms with Gasteiger partial charge < -0.3 is 5.32 Å². The molecule has 1 aromatic carbocycles. The Morgan fingerprint density at radius 3 is 2.68 bits per heavy atom. The predicted molar refractivity (Wildman–Crippen MR) is 75.2 cm³/mol. The van der Waals surface area contributed by atoms with Crippen LogP contribution in [0.5, 0.6) is 0 Å². The summed E-state index contributed by atoms with van der Waals surface area (Å²) in [4.78, 5) is 16.1. The third-order valence-electron chi connectivity index (χ3n) is 3.32. The van der Waals surface area contributed by atoms with Gasteiger partial charge >= 0.3 is 0 Å². The minimum Gasteiger partial charge on any atom is -0.310 e. The molecule has 0 spiro atoms. The highest BCUT2D eigenvalue weighted by atomic mass is 35.5. The number of pyridine rings is 1. The highest BCUT2D eigenvalue weighted by molar-refractivity contribution is 6.29. The van der Waals surface area contributed by atoms with Gasteiger partial charge in [0.25, 0.3) is 0 Å². The lowest BCUT2D eigenvalue weighted by molar-refractivity contribution is -0.117. The topological polar surface area (TPSA) is 42.0 Å². The van der Waals surface area contributed by atoms with E-state index in [1.807, 2.05) is 18.2 Å². The summed E-state index contributed by atoms with van der Waals surface area (Å²) in [6, 6.07) is 15.3. The van der Waals surface area contributed by atoms with Crippen molar-refractivity contribution in [3.8, 4) is 0 Å². The van der Waals surface area contributed by atoms with Crippen LogP contribution in [0.4, 0.5) is 5.82 Å². The van der Waals surface area contributed by atoms with E-state index in [1.54, 1.807) is 18.2 Å². The Kier molecular flexibility index (Phi) is 3.22. The first-order valence-corrected chi connectivity index (χ1v) is 6.60. The van der Waals surface area contributed by atoms with E-state index in [0.717, 1.165) is 6.42 Å². The fourth-order valence-corrected chi connectivity index (χ4v) is 2.41. The summed E-state index contributed by atoms with van der Waals surface area (Å²) in [5.74, 6) is 0.906. The molecule has 1 saturated carbocycles. The number of carbonyl (C=O) groups is 1. The molecular weight excluding hydrogens is 260 g/mol. The second kappa shape index (κ2) is 5.02. The lowest BCUT2D eigenvalue weighted by atomic mass is 10.1. The summed E-state index contributed by atoms with van der Waals surface area (Å²) in [6.07, 6.45) is 0.899. The predicted octanol–water partition coefficient (Wildman–Crippen LogP) is 3.48. The fourth-order valence-electron chi connectivity index (χ4n) is 2.25. The number of hydrogen-bond acceptors (Lipinski definition) is 2. The zero-order valence-corrected chi connectivity index (χ0v) is 11.0. The molecule has 1 heterocycles. The Morgan fingerprint density at radius 2 is 1.95 bits per heavy atom. The van der Waals surface area contributed by atoms with Crippen LogP contribution < -0.4 is 5.32 Å². The Labute approximate surface area is 116 Å². The lowest BCUT2D eigenvalue weighted by Gasteiger charge is -2.04. The second-order valence-corrected chi connectivity index (χ2v) is 5.08. The van der Waals surface area contributed by atoms with Gasteiger partial charge in [-0.1, -0.05) is 48.0 Å². The summed E-state index contributed by atoms with van der Waals surface area (Å²) in [5.41, 5.74) is 1.22. The van der Waals surface area contributed by atoms with Gasteiger partial charge in [-0.15, -0.1) is 0 Å². The van der Waals surface area contributed by atoms with E-state index < -0.39 is 0 Å². The van der Waals surface area contributed by atoms with Crippen LogP contribution in [0.2, 0.25) is 5.15 Å². The zero-order chi connectivity index (χ0) is 13.2. The smallest absolute Gasteiger partial charge is 0.229 e. The SMILES string of the molecule is O=C(Nc1cccc(Cl)n1)C1CC1c1ccccc1. The molecular formula is C15H13ClN2O. The Bertz CT molecular complexity index is 600. The van der Waals surface area contributed by atoms with Crippen LogP contribution >= 0.6 is 11.6 Å². The van der Waals surface area contributed by atoms with Crippen molar-refractivity contribution in [2.24, 2.45) is 5.92 Å². The molecule has 1 amide bonds. The molecule has 96 valence electrons. The van der Waals surface area contributed by atoms with Crippen molar-refractivity contribution in [2.75, 3.05) is 5.32 Å². The Balaban J connectivity index is 1.64. The van der Waals surface area contributed by atoms with Crippen molar-refractivity contribution in [1.29, 1.82) is 0 Å². The van der Waals surface area contributed by atoms with Gasteiger partial charge in [-0.2, -0.15) is 0 Å². The van der Waals surface area contributed by atoms with Gasteiger partial charge in [-0.05, 0) is 30.0 Å². The van der Waals surface area contributed by atoms with E-state index in [1.165, 1.54) is 5.56 Å². The number of aromatic nitrogens is 1. The molecule has 0 radical (unpaired) electrons. The van der Waals surface area contributed by atoms with E-state index in [4.69, 9.17) is 11.6 Å². The summed E-state index contributed by atoms with van der Waals surface area (Å²) in [7, 11) is 0. The monoisotopic (exact) mass is 272 g/mol. The quantitative estimate of drug-likeness (QED) is 0.869. The van der Waals surface area contributed by atoms with Crippen molar-refractivity contribution in [3.63, 3.8) is 0 Å². The standard InChI is InChI=1S/C15H13ClN2O/c16-13-7-4-8-14(17-13)18-15(19)12-9-11(12)10-5-2-1-3-6-10/h1-8,11-12H,9H2,(H,17,18,19). The normalized spacial score (nSPS) is 20.9. The van der Waals surface area contributed by atoms with E-state index in [9.17, 15) is 4.79 Å². The Hall–Kier alpha value is -1.87. The number of hydrogen-bond donors (Lipinski definition) is 1. The molecule has 1 aliphatic carbocycles. The van der Waals surface area contributed by atoms with Gasteiger partial charge in [0.2, 0.25) is 5.91 Å². The van der Waals surface area contributed by atoms with Crippen molar-refractivity contribution in [3.05, 3.63) is 59.2 Å². The first kappa shape index (κ1) is 12.2. The third kappa shape index (κ3) is 2.76. The molecule has 2 atom stereocenters. The molecule has 3 rings (SSSR count). The van der Waals surface area contributed by atoms with E-state index >= 15 is 0 Å². The van der Waals surface area contributed by atoms with Crippen molar-refractivity contribution < 1.29 is 4.79 Å². The number of nitrogens with zero attached hydrogens (tertiary/aromatic N) is 1. The van der Waals surface area contributed by atoms with Crippen LogP contribution in [0.1, 0.15) is 17.9 Å². The zero-order valence-electron chi connectivity index (χ0n) is 10.2. The number of anilines is 1. The summed E-state index contributed by atoms with van der Waals surface area (Å²) >= 11 is 5.79. The van der Waals surface area contributed by atoms with Crippen LogP contribution in [-0.4, -0.2) is 10.9 Å².